The second kappa shape index (κ2) is 4.11. The minimum atomic E-state index is -2.65. The highest BCUT2D eigenvalue weighted by molar-refractivity contribution is 5.42. The monoisotopic (exact) mass is 197 g/mol. The van der Waals surface area contributed by atoms with Crippen LogP contribution in [0.25, 0.3) is 0 Å². The van der Waals surface area contributed by atoms with Gasteiger partial charge in [0.25, 0.3) is 6.43 Å². The molecule has 0 fully saturated rings. The first kappa shape index (κ1) is 10.5. The lowest BCUT2D eigenvalue weighted by Gasteiger charge is -2.09. The molecule has 5 heteroatoms. The maximum atomic E-state index is 12.4. The number of aromatic nitrogens is 1. The number of nitrogens with two attached hydrogens (primary N) is 1. The second-order valence-electron chi connectivity index (χ2n) is 2.78. The van der Waals surface area contributed by atoms with Gasteiger partial charge in [-0.25, -0.2) is 8.78 Å². The van der Waals surface area contributed by atoms with Gasteiger partial charge in [0.05, 0.1) is 5.56 Å². The van der Waals surface area contributed by atoms with E-state index in [1.165, 1.54) is 0 Å². The molecule has 0 unspecified atom stereocenters. The predicted molar refractivity (Wildman–Crippen MR) is 46.5 cm³/mol. The molecule has 14 heavy (non-hydrogen) atoms. The molecule has 0 spiro atoms. The van der Waals surface area contributed by atoms with Crippen LogP contribution in [0.2, 0.25) is 0 Å². The Balaban J connectivity index is 3.38. The maximum absolute atomic E-state index is 12.4. The lowest BCUT2D eigenvalue weighted by molar-refractivity contribution is 0.144. The zero-order chi connectivity index (χ0) is 10.7. The van der Waals surface area contributed by atoms with E-state index < -0.39 is 6.43 Å². The number of hydrogen-bond acceptors (Lipinski definition) is 3. The SMILES string of the molecule is Cc1c(C#N)cnc(C(F)F)c1CN. The van der Waals surface area contributed by atoms with Gasteiger partial charge < -0.3 is 5.73 Å². The summed E-state index contributed by atoms with van der Waals surface area (Å²) >= 11 is 0. The fourth-order valence-corrected chi connectivity index (χ4v) is 1.22. The Labute approximate surface area is 80.2 Å². The number of halogens is 2. The van der Waals surface area contributed by atoms with Crippen molar-refractivity contribution in [2.45, 2.75) is 19.9 Å². The Morgan fingerprint density at radius 1 is 1.64 bits per heavy atom. The summed E-state index contributed by atoms with van der Waals surface area (Å²) in [7, 11) is 0. The number of hydrogen-bond donors (Lipinski definition) is 1. The normalized spacial score (nSPS) is 10.3. The number of pyridine rings is 1. The van der Waals surface area contributed by atoms with E-state index >= 15 is 0 Å². The van der Waals surface area contributed by atoms with E-state index in [1.807, 2.05) is 6.07 Å². The lowest BCUT2D eigenvalue weighted by Crippen LogP contribution is -2.08. The smallest absolute Gasteiger partial charge is 0.280 e. The predicted octanol–water partition coefficient (Wildman–Crippen LogP) is 1.66. The summed E-state index contributed by atoms with van der Waals surface area (Å²) in [6.07, 6.45) is -1.50. The van der Waals surface area contributed by atoms with E-state index in [1.54, 1.807) is 6.92 Å². The zero-order valence-corrected chi connectivity index (χ0v) is 7.59. The number of nitrogens with zero attached hydrogens (tertiary/aromatic N) is 2. The summed E-state index contributed by atoms with van der Waals surface area (Å²) < 4.78 is 24.9. The molecular formula is C9H9F2N3. The standard InChI is InChI=1S/C9H9F2N3/c1-5-6(2-12)4-14-8(9(10)11)7(5)3-13/h4,9H,3,13H2,1H3. The summed E-state index contributed by atoms with van der Waals surface area (Å²) in [5.41, 5.74) is 6.04. The summed E-state index contributed by atoms with van der Waals surface area (Å²) in [6.45, 7) is 1.56. The van der Waals surface area contributed by atoms with Gasteiger partial charge in [-0.15, -0.1) is 0 Å². The van der Waals surface area contributed by atoms with Crippen molar-refractivity contribution in [3.05, 3.63) is 28.6 Å². The molecule has 0 aliphatic carbocycles. The molecule has 0 radical (unpaired) electrons. The van der Waals surface area contributed by atoms with Crippen molar-refractivity contribution in [3.8, 4) is 6.07 Å². The third kappa shape index (κ3) is 1.70. The van der Waals surface area contributed by atoms with Gasteiger partial charge in [0.2, 0.25) is 0 Å². The molecule has 0 saturated heterocycles. The molecule has 1 aromatic heterocycles. The summed E-state index contributed by atoms with van der Waals surface area (Å²) in [4.78, 5) is 3.53. The lowest BCUT2D eigenvalue weighted by atomic mass is 10.0. The molecular weight excluding hydrogens is 188 g/mol. The van der Waals surface area contributed by atoms with Crippen molar-refractivity contribution in [3.63, 3.8) is 0 Å². The Morgan fingerprint density at radius 3 is 2.71 bits per heavy atom. The quantitative estimate of drug-likeness (QED) is 0.784. The Kier molecular flexibility index (Phi) is 3.10. The first-order valence-corrected chi connectivity index (χ1v) is 3.98. The molecule has 1 rings (SSSR count). The fraction of sp³-hybridized carbons (Fsp3) is 0.333. The van der Waals surface area contributed by atoms with E-state index in [9.17, 15) is 8.78 Å². The van der Waals surface area contributed by atoms with E-state index in [4.69, 9.17) is 11.0 Å². The fourth-order valence-electron chi connectivity index (χ4n) is 1.22. The van der Waals surface area contributed by atoms with Gasteiger partial charge in [-0.1, -0.05) is 0 Å². The zero-order valence-electron chi connectivity index (χ0n) is 7.59. The van der Waals surface area contributed by atoms with Crippen LogP contribution in [0.15, 0.2) is 6.20 Å². The van der Waals surface area contributed by atoms with Gasteiger partial charge in [-0.05, 0) is 18.1 Å². The number of nitriles is 1. The number of rotatable bonds is 2. The van der Waals surface area contributed by atoms with Gasteiger partial charge in [-0.2, -0.15) is 5.26 Å². The molecule has 0 aliphatic rings. The summed E-state index contributed by atoms with van der Waals surface area (Å²) in [5.74, 6) is 0. The first-order valence-electron chi connectivity index (χ1n) is 3.98. The maximum Gasteiger partial charge on any atom is 0.280 e. The highest BCUT2D eigenvalue weighted by Crippen LogP contribution is 2.24. The van der Waals surface area contributed by atoms with Crippen LogP contribution in [0.4, 0.5) is 8.78 Å². The van der Waals surface area contributed by atoms with Crippen LogP contribution in [0.5, 0.6) is 0 Å². The van der Waals surface area contributed by atoms with Crippen LogP contribution in [0.1, 0.15) is 28.8 Å². The van der Waals surface area contributed by atoms with E-state index in [-0.39, 0.29) is 23.4 Å². The Hall–Kier alpha value is -1.54. The van der Waals surface area contributed by atoms with Crippen LogP contribution < -0.4 is 5.73 Å². The number of alkyl halides is 2. The van der Waals surface area contributed by atoms with Crippen molar-refractivity contribution in [2.75, 3.05) is 0 Å². The van der Waals surface area contributed by atoms with Crippen molar-refractivity contribution in [1.82, 2.24) is 4.98 Å². The molecule has 0 atom stereocenters. The molecule has 1 heterocycles. The van der Waals surface area contributed by atoms with Crippen molar-refractivity contribution >= 4 is 0 Å². The molecule has 2 N–H and O–H groups in total. The van der Waals surface area contributed by atoms with Gasteiger partial charge in [-0.3, -0.25) is 4.98 Å². The van der Waals surface area contributed by atoms with Crippen molar-refractivity contribution in [2.24, 2.45) is 5.73 Å². The topological polar surface area (TPSA) is 62.7 Å². The average Bonchev–Trinajstić information content (AvgIpc) is 2.17. The third-order valence-electron chi connectivity index (χ3n) is 2.03. The molecule has 0 aliphatic heterocycles. The molecule has 1 aromatic rings. The van der Waals surface area contributed by atoms with E-state index in [2.05, 4.69) is 4.98 Å². The van der Waals surface area contributed by atoms with Crippen LogP contribution in [-0.2, 0) is 6.54 Å². The third-order valence-corrected chi connectivity index (χ3v) is 2.03. The Bertz CT molecular complexity index is 382. The highest BCUT2D eigenvalue weighted by atomic mass is 19.3. The van der Waals surface area contributed by atoms with Crippen molar-refractivity contribution < 1.29 is 8.78 Å². The minimum Gasteiger partial charge on any atom is -0.326 e. The van der Waals surface area contributed by atoms with Crippen LogP contribution in [-0.4, -0.2) is 4.98 Å². The minimum absolute atomic E-state index is 0.0337. The molecule has 0 bridgehead atoms. The van der Waals surface area contributed by atoms with E-state index in [0.29, 0.717) is 5.56 Å². The molecule has 3 nitrogen and oxygen atoms in total. The average molecular weight is 197 g/mol. The molecule has 0 saturated carbocycles. The Morgan fingerprint density at radius 2 is 2.29 bits per heavy atom. The van der Waals surface area contributed by atoms with Gasteiger partial charge in [0.15, 0.2) is 0 Å². The molecule has 0 aromatic carbocycles. The van der Waals surface area contributed by atoms with Crippen LogP contribution in [0.3, 0.4) is 0 Å². The first-order chi connectivity index (χ1) is 6.61. The van der Waals surface area contributed by atoms with Crippen LogP contribution in [0, 0.1) is 18.3 Å². The van der Waals surface area contributed by atoms with Gasteiger partial charge >= 0.3 is 0 Å². The highest BCUT2D eigenvalue weighted by Gasteiger charge is 2.17. The van der Waals surface area contributed by atoms with Gasteiger partial charge in [0, 0.05) is 12.7 Å². The van der Waals surface area contributed by atoms with Crippen LogP contribution >= 0.6 is 0 Å². The summed E-state index contributed by atoms with van der Waals surface area (Å²) in [6, 6.07) is 1.87. The molecule has 0 amide bonds. The summed E-state index contributed by atoms with van der Waals surface area (Å²) in [5, 5.41) is 8.65. The molecule has 74 valence electrons. The van der Waals surface area contributed by atoms with Gasteiger partial charge in [0.1, 0.15) is 11.8 Å². The van der Waals surface area contributed by atoms with Crippen molar-refractivity contribution in [1.29, 1.82) is 5.26 Å². The van der Waals surface area contributed by atoms with E-state index in [0.717, 1.165) is 6.20 Å². The largest absolute Gasteiger partial charge is 0.326 e. The second-order valence-corrected chi connectivity index (χ2v) is 2.78.